The Labute approximate surface area is 199 Å². The van der Waals surface area contributed by atoms with Crippen molar-refractivity contribution >= 4 is 29.4 Å². The lowest BCUT2D eigenvalue weighted by Crippen LogP contribution is -2.54. The zero-order valence-electron chi connectivity index (χ0n) is 18.8. The van der Waals surface area contributed by atoms with Crippen LogP contribution in [0.25, 0.3) is 0 Å². The van der Waals surface area contributed by atoms with Crippen LogP contribution in [0.5, 0.6) is 0 Å². The molecule has 2 aromatic carbocycles. The fourth-order valence-corrected chi connectivity index (χ4v) is 4.56. The Morgan fingerprint density at radius 1 is 1.33 bits per heavy atom. The molecule has 0 bridgehead atoms. The van der Waals surface area contributed by atoms with Crippen molar-refractivity contribution in [2.45, 2.75) is 32.0 Å². The van der Waals surface area contributed by atoms with Gasteiger partial charge in [-0.2, -0.15) is 5.26 Å². The Morgan fingerprint density at radius 2 is 2.06 bits per heavy atom. The van der Waals surface area contributed by atoms with Crippen molar-refractivity contribution in [3.63, 3.8) is 0 Å². The van der Waals surface area contributed by atoms with Gasteiger partial charge in [-0.05, 0) is 35.7 Å². The minimum atomic E-state index is -1.14. The molecule has 172 valence electrons. The maximum absolute atomic E-state index is 13.5. The van der Waals surface area contributed by atoms with Crippen LogP contribution in [0.1, 0.15) is 41.3 Å². The Morgan fingerprint density at radius 3 is 2.70 bits per heavy atom. The van der Waals surface area contributed by atoms with Crippen molar-refractivity contribution < 1.29 is 9.90 Å². The molecule has 7 nitrogen and oxygen atoms in total. The number of carbonyl (C=O) groups is 1. The fourth-order valence-electron chi connectivity index (χ4n) is 4.32. The van der Waals surface area contributed by atoms with E-state index < -0.39 is 18.2 Å². The summed E-state index contributed by atoms with van der Waals surface area (Å²) in [7, 11) is 1.73. The van der Waals surface area contributed by atoms with Gasteiger partial charge in [0, 0.05) is 47.9 Å². The lowest BCUT2D eigenvalue weighted by atomic mass is 9.78. The van der Waals surface area contributed by atoms with Crippen molar-refractivity contribution in [3.8, 4) is 6.07 Å². The number of carbonyl (C=O) groups excluding carboxylic acids is 1. The summed E-state index contributed by atoms with van der Waals surface area (Å²) in [4.78, 5) is 15.2. The maximum Gasteiger partial charge on any atom is 0.254 e. The molecule has 0 aromatic heterocycles. The number of aliphatic hydroxyl groups is 1. The Bertz CT molecular complexity index is 1110. The molecule has 3 atom stereocenters. The number of hydrogen-bond donors (Lipinski definition) is 4. The zero-order chi connectivity index (χ0) is 24.1. The van der Waals surface area contributed by atoms with E-state index in [2.05, 4.69) is 16.7 Å². The highest BCUT2D eigenvalue weighted by molar-refractivity contribution is 6.31. The molecule has 1 amide bonds. The van der Waals surface area contributed by atoms with Gasteiger partial charge >= 0.3 is 0 Å². The predicted octanol–water partition coefficient (Wildman–Crippen LogP) is 3.96. The molecule has 33 heavy (non-hydrogen) atoms. The largest absolute Gasteiger partial charge is 0.394 e. The summed E-state index contributed by atoms with van der Waals surface area (Å²) < 4.78 is 0. The quantitative estimate of drug-likeness (QED) is 0.348. The molecule has 1 heterocycles. The van der Waals surface area contributed by atoms with Crippen LogP contribution in [0.3, 0.4) is 0 Å². The van der Waals surface area contributed by atoms with E-state index in [1.165, 1.54) is 6.21 Å². The van der Waals surface area contributed by atoms with E-state index in [-0.39, 0.29) is 11.8 Å². The molecule has 4 N–H and O–H groups in total. The van der Waals surface area contributed by atoms with Crippen LogP contribution >= 0.6 is 11.6 Å². The smallest absolute Gasteiger partial charge is 0.254 e. The van der Waals surface area contributed by atoms with Crippen LogP contribution in [-0.4, -0.2) is 48.0 Å². The number of nitrogens with one attached hydrogen (secondary N) is 3. The molecule has 2 aromatic rings. The number of nitrogens with zero attached hydrogens (tertiary/aromatic N) is 2. The van der Waals surface area contributed by atoms with E-state index >= 15 is 0 Å². The van der Waals surface area contributed by atoms with Crippen LogP contribution < -0.4 is 10.6 Å². The molecular weight excluding hydrogens is 438 g/mol. The number of rotatable bonds is 8. The van der Waals surface area contributed by atoms with Gasteiger partial charge in [0.1, 0.15) is 6.23 Å². The molecule has 0 saturated heterocycles. The van der Waals surface area contributed by atoms with Crippen molar-refractivity contribution in [2.24, 2.45) is 5.92 Å². The SMILES string of the molecule is CN/C=C(\C=N)[C@@H]1[C@@H](C(O)Nc2cc(Cl)cc(C#N)c2)c2ccccc2C(=O)N1CC(C)C. The van der Waals surface area contributed by atoms with E-state index in [0.29, 0.717) is 39.5 Å². The van der Waals surface area contributed by atoms with Crippen LogP contribution in [-0.2, 0) is 0 Å². The molecule has 0 radical (unpaired) electrons. The predicted molar refractivity (Wildman–Crippen MR) is 131 cm³/mol. The van der Waals surface area contributed by atoms with Crippen LogP contribution in [0.15, 0.2) is 54.2 Å². The number of nitriles is 1. The van der Waals surface area contributed by atoms with Gasteiger partial charge < -0.3 is 26.0 Å². The standard InChI is InChI=1S/C25H28ClN5O2/c1-15(2)14-31-23(17(12-28)13-29-3)22(20-6-4-5-7-21(20)25(31)33)24(32)30-19-9-16(11-27)8-18(26)10-19/h4-10,12-13,15,22-24,28-30,32H,14H2,1-3H3/b17-13+,28-12?/t22-,23+,24?/m0/s1. The van der Waals surface area contributed by atoms with Crippen molar-refractivity contribution in [1.29, 1.82) is 10.7 Å². The highest BCUT2D eigenvalue weighted by Crippen LogP contribution is 2.39. The third-order valence-corrected chi connectivity index (χ3v) is 5.77. The normalized spacial score (nSPS) is 19.0. The number of benzene rings is 2. The van der Waals surface area contributed by atoms with Crippen LogP contribution in [0.2, 0.25) is 5.02 Å². The minimum absolute atomic E-state index is 0.133. The summed E-state index contributed by atoms with van der Waals surface area (Å²) in [5.74, 6) is -0.533. The first-order chi connectivity index (χ1) is 15.8. The van der Waals surface area contributed by atoms with Crippen molar-refractivity contribution in [3.05, 3.63) is 76.0 Å². The molecule has 0 spiro atoms. The summed E-state index contributed by atoms with van der Waals surface area (Å²) in [5, 5.41) is 35.1. The topological polar surface area (TPSA) is 112 Å². The summed E-state index contributed by atoms with van der Waals surface area (Å²) in [6.07, 6.45) is 1.76. The highest BCUT2D eigenvalue weighted by atomic mass is 35.5. The molecule has 0 saturated carbocycles. The monoisotopic (exact) mass is 465 g/mol. The van der Waals surface area contributed by atoms with Gasteiger partial charge in [-0.15, -0.1) is 0 Å². The molecule has 8 heteroatoms. The first kappa shape index (κ1) is 24.3. The number of halogens is 1. The number of fused-ring (bicyclic) bond motifs is 1. The third kappa shape index (κ3) is 5.19. The Balaban J connectivity index is 2.15. The van der Waals surface area contributed by atoms with Gasteiger partial charge in [-0.3, -0.25) is 4.79 Å². The zero-order valence-corrected chi connectivity index (χ0v) is 19.6. The average molecular weight is 466 g/mol. The van der Waals surface area contributed by atoms with Gasteiger partial charge in [0.15, 0.2) is 0 Å². The highest BCUT2D eigenvalue weighted by Gasteiger charge is 2.44. The van der Waals surface area contributed by atoms with Crippen LogP contribution in [0, 0.1) is 22.7 Å². The molecule has 3 rings (SSSR count). The molecule has 1 unspecified atom stereocenters. The second kappa shape index (κ2) is 10.5. The number of hydrogen-bond acceptors (Lipinski definition) is 6. The van der Waals surface area contributed by atoms with Gasteiger partial charge in [-0.25, -0.2) is 0 Å². The van der Waals surface area contributed by atoms with E-state index in [0.717, 1.165) is 0 Å². The van der Waals surface area contributed by atoms with E-state index in [1.54, 1.807) is 48.5 Å². The molecule has 0 fully saturated rings. The molecule has 1 aliphatic heterocycles. The van der Waals surface area contributed by atoms with Gasteiger partial charge in [0.25, 0.3) is 5.91 Å². The number of amides is 1. The van der Waals surface area contributed by atoms with E-state index in [1.807, 2.05) is 26.0 Å². The minimum Gasteiger partial charge on any atom is -0.394 e. The summed E-state index contributed by atoms with van der Waals surface area (Å²) in [6, 6.07) is 13.5. The lowest BCUT2D eigenvalue weighted by Gasteiger charge is -2.45. The first-order valence-corrected chi connectivity index (χ1v) is 11.1. The van der Waals surface area contributed by atoms with Crippen LogP contribution in [0.4, 0.5) is 5.69 Å². The molecule has 1 aliphatic rings. The lowest BCUT2D eigenvalue weighted by molar-refractivity contribution is 0.0521. The third-order valence-electron chi connectivity index (χ3n) is 5.55. The number of anilines is 1. The first-order valence-electron chi connectivity index (χ1n) is 10.7. The number of aliphatic hydroxyl groups excluding tert-OH is 1. The summed E-state index contributed by atoms with van der Waals surface area (Å²) >= 11 is 6.15. The average Bonchev–Trinajstić information content (AvgIpc) is 2.78. The van der Waals surface area contributed by atoms with Gasteiger partial charge in [0.2, 0.25) is 0 Å². The second-order valence-electron chi connectivity index (χ2n) is 8.42. The second-order valence-corrected chi connectivity index (χ2v) is 8.85. The maximum atomic E-state index is 13.5. The van der Waals surface area contributed by atoms with E-state index in [4.69, 9.17) is 17.0 Å². The molecule has 0 aliphatic carbocycles. The Kier molecular flexibility index (Phi) is 7.75. The Hall–Kier alpha value is -3.34. The van der Waals surface area contributed by atoms with Gasteiger partial charge in [-0.1, -0.05) is 43.6 Å². The summed E-state index contributed by atoms with van der Waals surface area (Å²) in [5.41, 5.74) is 2.64. The van der Waals surface area contributed by atoms with E-state index in [9.17, 15) is 15.2 Å². The van der Waals surface area contributed by atoms with Gasteiger partial charge in [0.05, 0.1) is 23.6 Å². The van der Waals surface area contributed by atoms with Crippen molar-refractivity contribution in [2.75, 3.05) is 18.9 Å². The van der Waals surface area contributed by atoms with Crippen molar-refractivity contribution in [1.82, 2.24) is 10.2 Å². The summed E-state index contributed by atoms with van der Waals surface area (Å²) in [6.45, 7) is 4.51. The fraction of sp³-hybridized carbons (Fsp3) is 0.320. The molecular formula is C25H28ClN5O2.